The average Bonchev–Trinajstić information content (AvgIpc) is 2.90. The van der Waals surface area contributed by atoms with Crippen LogP contribution in [0.3, 0.4) is 0 Å². The number of nitrogens with zero attached hydrogens (tertiary/aromatic N) is 4. The van der Waals surface area contributed by atoms with E-state index in [9.17, 15) is 9.59 Å². The number of anilines is 2. The second-order valence-corrected chi connectivity index (χ2v) is 10.4. The van der Waals surface area contributed by atoms with Crippen LogP contribution in [-0.4, -0.2) is 38.8 Å². The summed E-state index contributed by atoms with van der Waals surface area (Å²) in [5, 5.41) is 3.45. The summed E-state index contributed by atoms with van der Waals surface area (Å²) in [6.45, 7) is 5.92. The largest absolute Gasteiger partial charge is 0.372 e. The first-order valence-corrected chi connectivity index (χ1v) is 13.1. The first kappa shape index (κ1) is 24.1. The molecule has 4 aromatic rings. The molecule has 3 heterocycles. The third-order valence-electron chi connectivity index (χ3n) is 6.38. The lowest BCUT2D eigenvalue weighted by Crippen LogP contribution is -2.29. The number of nitrogens with one attached hydrogen (secondary N) is 1. The number of carbonyl (C=O) groups excluding carboxylic acids is 1. The van der Waals surface area contributed by atoms with Crippen molar-refractivity contribution in [2.75, 3.05) is 23.3 Å². The number of hydrogen-bond donors (Lipinski definition) is 1. The van der Waals surface area contributed by atoms with Crippen molar-refractivity contribution in [2.24, 2.45) is 0 Å². The Bertz CT molecular complexity index is 1440. The maximum atomic E-state index is 13.4. The molecule has 7 nitrogen and oxygen atoms in total. The van der Waals surface area contributed by atoms with E-state index in [-0.39, 0.29) is 11.5 Å². The molecule has 184 valence electrons. The van der Waals surface area contributed by atoms with Gasteiger partial charge in [0.15, 0.2) is 5.16 Å². The smallest absolute Gasteiger partial charge is 0.267 e. The molecule has 0 radical (unpaired) electrons. The van der Waals surface area contributed by atoms with Crippen LogP contribution in [0.15, 0.2) is 76.8 Å². The molecule has 1 atom stereocenters. The molecule has 1 unspecified atom stereocenters. The fourth-order valence-electron chi connectivity index (χ4n) is 4.40. The molecular weight excluding hydrogens is 470 g/mol. The van der Waals surface area contributed by atoms with Gasteiger partial charge in [-0.15, -0.1) is 0 Å². The fraction of sp³-hybridized carbons (Fsp3) is 0.286. The van der Waals surface area contributed by atoms with Gasteiger partial charge >= 0.3 is 0 Å². The summed E-state index contributed by atoms with van der Waals surface area (Å²) >= 11 is 1.24. The first-order valence-electron chi connectivity index (χ1n) is 12.3. The van der Waals surface area contributed by atoms with E-state index in [1.54, 1.807) is 12.3 Å². The van der Waals surface area contributed by atoms with Crippen LogP contribution in [0.25, 0.3) is 16.7 Å². The minimum atomic E-state index is -0.490. The van der Waals surface area contributed by atoms with Gasteiger partial charge in [0.2, 0.25) is 5.91 Å². The van der Waals surface area contributed by atoms with Crippen molar-refractivity contribution >= 4 is 39.9 Å². The molecule has 0 saturated carbocycles. The van der Waals surface area contributed by atoms with Gasteiger partial charge in [-0.1, -0.05) is 23.9 Å². The lowest BCUT2D eigenvalue weighted by molar-refractivity contribution is -0.115. The maximum absolute atomic E-state index is 13.4. The second kappa shape index (κ2) is 10.5. The number of benzene rings is 2. The van der Waals surface area contributed by atoms with Crippen molar-refractivity contribution in [2.45, 2.75) is 43.5 Å². The summed E-state index contributed by atoms with van der Waals surface area (Å²) in [6.07, 6.45) is 5.41. The molecule has 1 aliphatic rings. The molecule has 1 fully saturated rings. The second-order valence-electron chi connectivity index (χ2n) is 9.09. The Hall–Kier alpha value is -3.65. The van der Waals surface area contributed by atoms with Crippen LogP contribution < -0.4 is 15.8 Å². The van der Waals surface area contributed by atoms with E-state index in [1.165, 1.54) is 41.3 Å². The zero-order valence-corrected chi connectivity index (χ0v) is 21.3. The van der Waals surface area contributed by atoms with Crippen LogP contribution in [-0.2, 0) is 4.79 Å². The Labute approximate surface area is 214 Å². The van der Waals surface area contributed by atoms with E-state index in [0.29, 0.717) is 21.9 Å². The highest BCUT2D eigenvalue weighted by molar-refractivity contribution is 8.00. The number of aromatic nitrogens is 3. The third kappa shape index (κ3) is 5.14. The van der Waals surface area contributed by atoms with Crippen LogP contribution in [0.5, 0.6) is 0 Å². The van der Waals surface area contributed by atoms with Gasteiger partial charge in [0.25, 0.3) is 5.56 Å². The summed E-state index contributed by atoms with van der Waals surface area (Å²) in [5.74, 6) is 0.332. The number of rotatable bonds is 6. The molecule has 0 bridgehead atoms. The Kier molecular flexibility index (Phi) is 7.04. The van der Waals surface area contributed by atoms with Crippen LogP contribution in [0, 0.1) is 6.92 Å². The fourth-order valence-corrected chi connectivity index (χ4v) is 5.31. The van der Waals surface area contributed by atoms with Crippen LogP contribution in [0.4, 0.5) is 11.4 Å². The number of fused-ring (bicyclic) bond motifs is 1. The van der Waals surface area contributed by atoms with Gasteiger partial charge < -0.3 is 10.2 Å². The summed E-state index contributed by atoms with van der Waals surface area (Å²) < 4.78 is 1.50. The van der Waals surface area contributed by atoms with Crippen molar-refractivity contribution in [1.82, 2.24) is 14.5 Å². The molecule has 2 aromatic carbocycles. The first-order chi connectivity index (χ1) is 17.5. The van der Waals surface area contributed by atoms with Gasteiger partial charge in [-0.25, -0.2) is 14.5 Å². The van der Waals surface area contributed by atoms with Gasteiger partial charge in [-0.05, 0) is 87.2 Å². The molecule has 8 heteroatoms. The monoisotopic (exact) mass is 499 g/mol. The Morgan fingerprint density at radius 1 is 1.03 bits per heavy atom. The van der Waals surface area contributed by atoms with Crippen LogP contribution >= 0.6 is 11.8 Å². The molecule has 1 saturated heterocycles. The molecule has 5 rings (SSSR count). The highest BCUT2D eigenvalue weighted by atomic mass is 32.2. The van der Waals surface area contributed by atoms with Gasteiger partial charge in [-0.3, -0.25) is 9.59 Å². The zero-order chi connectivity index (χ0) is 25.1. The van der Waals surface area contributed by atoms with Crippen molar-refractivity contribution < 1.29 is 4.79 Å². The number of piperidine rings is 1. The van der Waals surface area contributed by atoms with Crippen molar-refractivity contribution in [1.29, 1.82) is 0 Å². The zero-order valence-electron chi connectivity index (χ0n) is 20.5. The quantitative estimate of drug-likeness (QED) is 0.290. The lowest BCUT2D eigenvalue weighted by atomic mass is 10.1. The van der Waals surface area contributed by atoms with Crippen molar-refractivity contribution in [3.05, 3.63) is 82.8 Å². The third-order valence-corrected chi connectivity index (χ3v) is 7.43. The van der Waals surface area contributed by atoms with E-state index >= 15 is 0 Å². The minimum Gasteiger partial charge on any atom is -0.372 e. The van der Waals surface area contributed by atoms with Gasteiger partial charge in [0.1, 0.15) is 5.82 Å². The minimum absolute atomic E-state index is 0.156. The average molecular weight is 500 g/mol. The molecule has 1 amide bonds. The molecule has 1 N–H and O–H groups in total. The molecule has 0 spiro atoms. The summed E-state index contributed by atoms with van der Waals surface area (Å²) in [5.41, 5.74) is 3.30. The van der Waals surface area contributed by atoms with Gasteiger partial charge in [0.05, 0.1) is 16.2 Å². The molecule has 36 heavy (non-hydrogen) atoms. The van der Waals surface area contributed by atoms with E-state index in [0.717, 1.165) is 24.3 Å². The summed E-state index contributed by atoms with van der Waals surface area (Å²) in [4.78, 5) is 38.0. The number of para-hydroxylation sites is 1. The highest BCUT2D eigenvalue weighted by Crippen LogP contribution is 2.26. The van der Waals surface area contributed by atoms with Crippen LogP contribution in [0.1, 0.15) is 31.7 Å². The highest BCUT2D eigenvalue weighted by Gasteiger charge is 2.21. The number of pyridine rings is 1. The number of aryl methyl sites for hydroxylation is 1. The number of hydrogen-bond acceptors (Lipinski definition) is 6. The Morgan fingerprint density at radius 3 is 2.53 bits per heavy atom. The van der Waals surface area contributed by atoms with E-state index in [4.69, 9.17) is 4.98 Å². The predicted molar refractivity (Wildman–Crippen MR) is 146 cm³/mol. The summed E-state index contributed by atoms with van der Waals surface area (Å²) in [6, 6.07) is 19.0. The molecule has 1 aliphatic heterocycles. The van der Waals surface area contributed by atoms with Crippen molar-refractivity contribution in [3.63, 3.8) is 0 Å². The Morgan fingerprint density at radius 2 is 1.78 bits per heavy atom. The Balaban J connectivity index is 1.38. The van der Waals surface area contributed by atoms with E-state index < -0.39 is 5.25 Å². The molecule has 2 aromatic heterocycles. The van der Waals surface area contributed by atoms with Crippen molar-refractivity contribution in [3.8, 4) is 5.82 Å². The van der Waals surface area contributed by atoms with Crippen LogP contribution in [0.2, 0.25) is 0 Å². The van der Waals surface area contributed by atoms with E-state index in [1.807, 2.05) is 56.3 Å². The SMILES string of the molecule is Cc1ccnc(-n2c(SC(C)C(=O)Nc3ccc(N4CCCCC4)cc3)nc3ccccc3c2=O)c1. The molecule has 0 aliphatic carbocycles. The number of thioether (sulfide) groups is 1. The number of carbonyl (C=O) groups is 1. The normalized spacial score (nSPS) is 14.6. The van der Waals surface area contributed by atoms with Gasteiger partial charge in [0, 0.05) is 30.7 Å². The number of amides is 1. The topological polar surface area (TPSA) is 80.1 Å². The predicted octanol–water partition coefficient (Wildman–Crippen LogP) is 5.20. The lowest BCUT2D eigenvalue weighted by Gasteiger charge is -2.28. The van der Waals surface area contributed by atoms with E-state index in [2.05, 4.69) is 27.3 Å². The summed E-state index contributed by atoms with van der Waals surface area (Å²) in [7, 11) is 0. The standard InChI is InChI=1S/C28H29N5O2S/c1-19-14-15-29-25(18-19)33-27(35)23-8-4-5-9-24(23)31-28(33)36-20(2)26(34)30-21-10-12-22(13-11-21)32-16-6-3-7-17-32/h4-5,8-15,18,20H,3,6-7,16-17H2,1-2H3,(H,30,34). The van der Waals surface area contributed by atoms with Gasteiger partial charge in [-0.2, -0.15) is 0 Å². The molecular formula is C28H29N5O2S. The maximum Gasteiger partial charge on any atom is 0.267 e.